The minimum atomic E-state index is -0.479. The van der Waals surface area contributed by atoms with Gasteiger partial charge in [0.2, 0.25) is 0 Å². The monoisotopic (exact) mass is 289 g/mol. The molecule has 112 valence electrons. The summed E-state index contributed by atoms with van der Waals surface area (Å²) in [5.41, 5.74) is 0.616. The van der Waals surface area contributed by atoms with Gasteiger partial charge in [0.15, 0.2) is 0 Å². The number of fused-ring (bicyclic) bond motifs is 2. The molecule has 21 heavy (non-hydrogen) atoms. The molecule has 0 aliphatic heterocycles. The summed E-state index contributed by atoms with van der Waals surface area (Å²) in [7, 11) is 0. The standard InChI is InChI=1S/C16H19NO4/c1-16(2)11-5-8-14(13(16)9-11)21-15(18)10-3-6-12(7-4-10)17(19)20/h3-4,6-7,11,13-14H,5,8-9H2,1-2H3/t11-,13-,14+/m0/s1. The van der Waals surface area contributed by atoms with Gasteiger partial charge in [0.05, 0.1) is 10.5 Å². The second-order valence-corrected chi connectivity index (χ2v) is 6.69. The van der Waals surface area contributed by atoms with Gasteiger partial charge < -0.3 is 4.74 Å². The van der Waals surface area contributed by atoms with Gasteiger partial charge >= 0.3 is 5.97 Å². The average molecular weight is 289 g/mol. The van der Waals surface area contributed by atoms with Crippen molar-refractivity contribution in [3.63, 3.8) is 0 Å². The van der Waals surface area contributed by atoms with Crippen LogP contribution < -0.4 is 0 Å². The molecule has 0 saturated heterocycles. The van der Waals surface area contributed by atoms with E-state index in [-0.39, 0.29) is 23.2 Å². The highest BCUT2D eigenvalue weighted by Gasteiger charge is 2.55. The highest BCUT2D eigenvalue weighted by atomic mass is 16.6. The quantitative estimate of drug-likeness (QED) is 0.484. The number of nitro groups is 1. The molecule has 0 aromatic heterocycles. The average Bonchev–Trinajstić information content (AvgIpc) is 2.47. The van der Waals surface area contributed by atoms with Crippen molar-refractivity contribution in [1.29, 1.82) is 0 Å². The van der Waals surface area contributed by atoms with Gasteiger partial charge in [-0.15, -0.1) is 0 Å². The molecule has 0 N–H and O–H groups in total. The van der Waals surface area contributed by atoms with E-state index in [0.29, 0.717) is 11.5 Å². The van der Waals surface area contributed by atoms with E-state index in [0.717, 1.165) is 25.2 Å². The summed E-state index contributed by atoms with van der Waals surface area (Å²) in [6.07, 6.45) is 3.16. The predicted octanol–water partition coefficient (Wildman–Crippen LogP) is 3.58. The largest absolute Gasteiger partial charge is 0.458 e. The number of carbonyl (C=O) groups excluding carboxylic acids is 1. The van der Waals surface area contributed by atoms with Gasteiger partial charge in [0.1, 0.15) is 6.10 Å². The van der Waals surface area contributed by atoms with Crippen LogP contribution in [0.15, 0.2) is 24.3 Å². The Balaban J connectivity index is 1.67. The smallest absolute Gasteiger partial charge is 0.338 e. The molecule has 2 bridgehead atoms. The molecule has 1 aromatic carbocycles. The Bertz CT molecular complexity index is 576. The molecule has 0 heterocycles. The SMILES string of the molecule is CC1(C)[C@H]2CC[C@@H](OC(=O)c3ccc([N+](=O)[O-])cc3)[C@@H]1C2. The fraction of sp³-hybridized carbons (Fsp3) is 0.562. The van der Waals surface area contributed by atoms with Gasteiger partial charge in [-0.05, 0) is 42.7 Å². The van der Waals surface area contributed by atoms with Gasteiger partial charge in [-0.3, -0.25) is 10.1 Å². The first kappa shape index (κ1) is 14.0. The van der Waals surface area contributed by atoms with Crippen LogP contribution in [0.1, 0.15) is 43.5 Å². The summed E-state index contributed by atoms with van der Waals surface area (Å²) in [5.74, 6) is 0.825. The highest BCUT2D eigenvalue weighted by molar-refractivity contribution is 5.89. The lowest BCUT2D eigenvalue weighted by Gasteiger charge is -2.59. The van der Waals surface area contributed by atoms with E-state index in [1.807, 2.05) is 0 Å². The third-order valence-electron chi connectivity index (χ3n) is 5.37. The number of rotatable bonds is 3. The summed E-state index contributed by atoms with van der Waals surface area (Å²) in [6, 6.07) is 5.58. The third kappa shape index (κ3) is 2.30. The Labute approximate surface area is 123 Å². The Hall–Kier alpha value is -1.91. The van der Waals surface area contributed by atoms with Gasteiger partial charge in [-0.1, -0.05) is 13.8 Å². The second kappa shape index (κ2) is 4.83. The summed E-state index contributed by atoms with van der Waals surface area (Å²) in [6.45, 7) is 4.50. The molecule has 0 radical (unpaired) electrons. The van der Waals surface area contributed by atoms with E-state index in [1.165, 1.54) is 24.3 Å². The number of benzene rings is 1. The third-order valence-corrected chi connectivity index (χ3v) is 5.37. The zero-order chi connectivity index (χ0) is 15.2. The predicted molar refractivity (Wildman–Crippen MR) is 76.9 cm³/mol. The summed E-state index contributed by atoms with van der Waals surface area (Å²) in [5, 5.41) is 10.6. The fourth-order valence-electron chi connectivity index (χ4n) is 3.81. The first-order valence-corrected chi connectivity index (χ1v) is 7.35. The molecule has 3 atom stereocenters. The number of ether oxygens (including phenoxy) is 1. The highest BCUT2D eigenvalue weighted by Crippen LogP contribution is 2.59. The normalized spacial score (nSPS) is 29.3. The lowest BCUT2D eigenvalue weighted by atomic mass is 9.48. The van der Waals surface area contributed by atoms with Crippen molar-refractivity contribution in [3.05, 3.63) is 39.9 Å². The number of non-ortho nitro benzene ring substituents is 1. The van der Waals surface area contributed by atoms with Crippen molar-refractivity contribution in [1.82, 2.24) is 0 Å². The van der Waals surface area contributed by atoms with Gasteiger partial charge in [0.25, 0.3) is 5.69 Å². The molecular formula is C16H19NO4. The zero-order valence-electron chi connectivity index (χ0n) is 12.2. The van der Waals surface area contributed by atoms with E-state index in [9.17, 15) is 14.9 Å². The van der Waals surface area contributed by atoms with Crippen LogP contribution in [0.4, 0.5) is 5.69 Å². The molecule has 1 aromatic rings. The molecule has 4 rings (SSSR count). The molecule has 0 amide bonds. The lowest BCUT2D eigenvalue weighted by Crippen LogP contribution is -2.55. The van der Waals surface area contributed by atoms with Gasteiger partial charge in [-0.2, -0.15) is 0 Å². The van der Waals surface area contributed by atoms with Crippen molar-refractivity contribution >= 4 is 11.7 Å². The van der Waals surface area contributed by atoms with E-state index in [4.69, 9.17) is 4.74 Å². The first-order valence-electron chi connectivity index (χ1n) is 7.35. The Kier molecular flexibility index (Phi) is 3.23. The number of nitrogens with zero attached hydrogens (tertiary/aromatic N) is 1. The van der Waals surface area contributed by atoms with E-state index >= 15 is 0 Å². The maximum atomic E-state index is 12.2. The molecule has 3 aliphatic rings. The van der Waals surface area contributed by atoms with Crippen LogP contribution in [0.25, 0.3) is 0 Å². The van der Waals surface area contributed by atoms with Crippen LogP contribution in [-0.4, -0.2) is 17.0 Å². The Morgan fingerprint density at radius 2 is 1.95 bits per heavy atom. The van der Waals surface area contributed by atoms with Crippen molar-refractivity contribution in [2.75, 3.05) is 0 Å². The fourth-order valence-corrected chi connectivity index (χ4v) is 3.81. The number of hydrogen-bond donors (Lipinski definition) is 0. The van der Waals surface area contributed by atoms with Crippen LogP contribution in [0, 0.1) is 27.4 Å². The molecule has 3 saturated carbocycles. The minimum Gasteiger partial charge on any atom is -0.458 e. The number of hydrogen-bond acceptors (Lipinski definition) is 4. The van der Waals surface area contributed by atoms with E-state index < -0.39 is 4.92 Å². The van der Waals surface area contributed by atoms with Crippen LogP contribution in [0.5, 0.6) is 0 Å². The molecule has 5 heteroatoms. The first-order chi connectivity index (χ1) is 9.89. The van der Waals surface area contributed by atoms with Crippen LogP contribution in [0.3, 0.4) is 0 Å². The lowest BCUT2D eigenvalue weighted by molar-refractivity contribution is -0.384. The van der Waals surface area contributed by atoms with Crippen molar-refractivity contribution < 1.29 is 14.5 Å². The molecule has 5 nitrogen and oxygen atoms in total. The number of nitro benzene ring substituents is 1. The molecular weight excluding hydrogens is 270 g/mol. The Morgan fingerprint density at radius 3 is 2.48 bits per heavy atom. The molecule has 0 spiro atoms. The Morgan fingerprint density at radius 1 is 1.29 bits per heavy atom. The zero-order valence-corrected chi connectivity index (χ0v) is 12.2. The minimum absolute atomic E-state index is 0.0207. The van der Waals surface area contributed by atoms with Crippen molar-refractivity contribution in [2.45, 2.75) is 39.2 Å². The van der Waals surface area contributed by atoms with Crippen molar-refractivity contribution in [3.8, 4) is 0 Å². The van der Waals surface area contributed by atoms with E-state index in [2.05, 4.69) is 13.8 Å². The van der Waals surface area contributed by atoms with Gasteiger partial charge in [0, 0.05) is 18.1 Å². The van der Waals surface area contributed by atoms with Crippen LogP contribution >= 0.6 is 0 Å². The number of carbonyl (C=O) groups is 1. The maximum absolute atomic E-state index is 12.2. The summed E-state index contributed by atoms with van der Waals surface area (Å²) >= 11 is 0. The summed E-state index contributed by atoms with van der Waals surface area (Å²) < 4.78 is 5.65. The van der Waals surface area contributed by atoms with Crippen molar-refractivity contribution in [2.24, 2.45) is 17.3 Å². The molecule has 0 unspecified atom stereocenters. The topological polar surface area (TPSA) is 69.4 Å². The van der Waals surface area contributed by atoms with Crippen LogP contribution in [-0.2, 0) is 4.74 Å². The number of esters is 1. The van der Waals surface area contributed by atoms with Crippen LogP contribution in [0.2, 0.25) is 0 Å². The maximum Gasteiger partial charge on any atom is 0.338 e. The molecule has 3 aliphatic carbocycles. The van der Waals surface area contributed by atoms with E-state index in [1.54, 1.807) is 0 Å². The molecule has 3 fully saturated rings. The second-order valence-electron chi connectivity index (χ2n) is 6.69. The summed E-state index contributed by atoms with van der Waals surface area (Å²) in [4.78, 5) is 22.3. The van der Waals surface area contributed by atoms with Gasteiger partial charge in [-0.25, -0.2) is 4.79 Å².